The Hall–Kier alpha value is -0.620. The van der Waals surface area contributed by atoms with Gasteiger partial charge in [-0.2, -0.15) is 0 Å². The van der Waals surface area contributed by atoms with Gasteiger partial charge in [0.2, 0.25) is 15.9 Å². The summed E-state index contributed by atoms with van der Waals surface area (Å²) in [5.74, 6) is -0.227. The zero-order chi connectivity index (χ0) is 11.9. The zero-order valence-corrected chi connectivity index (χ0v) is 10.4. The highest BCUT2D eigenvalue weighted by Gasteiger charge is 2.18. The number of sulfonamides is 1. The quantitative estimate of drug-likeness (QED) is 0.664. The molecular formula is C9H20N2O3S. The molecule has 0 aliphatic carbocycles. The number of hydrogen-bond acceptors (Lipinski definition) is 3. The van der Waals surface area contributed by atoms with Gasteiger partial charge in [-0.1, -0.05) is 13.8 Å². The van der Waals surface area contributed by atoms with Crippen LogP contribution in [0.15, 0.2) is 0 Å². The van der Waals surface area contributed by atoms with Crippen LogP contribution in [0.2, 0.25) is 0 Å². The third kappa shape index (κ3) is 6.46. The van der Waals surface area contributed by atoms with Crippen molar-refractivity contribution in [3.05, 3.63) is 0 Å². The molecule has 0 saturated carbocycles. The fourth-order valence-corrected chi connectivity index (χ4v) is 2.35. The summed E-state index contributed by atoms with van der Waals surface area (Å²) in [6, 6.07) is -0.701. The van der Waals surface area contributed by atoms with Crippen molar-refractivity contribution in [2.24, 2.45) is 0 Å². The normalized spacial score (nSPS) is 13.5. The van der Waals surface area contributed by atoms with Gasteiger partial charge in [0.1, 0.15) is 0 Å². The first-order valence-electron chi connectivity index (χ1n) is 5.20. The molecule has 0 spiro atoms. The predicted molar refractivity (Wildman–Crippen MR) is 60.0 cm³/mol. The van der Waals surface area contributed by atoms with Crippen LogP contribution in [0.25, 0.3) is 0 Å². The Balaban J connectivity index is 4.12. The molecule has 0 aliphatic rings. The molecule has 0 radical (unpaired) electrons. The molecule has 0 aromatic heterocycles. The molecule has 6 heteroatoms. The summed E-state index contributed by atoms with van der Waals surface area (Å²) in [4.78, 5) is 11.3. The monoisotopic (exact) mass is 236 g/mol. The standard InChI is InChI=1S/C9H20N2O3S/c1-4-6-10-9(12)8(3)11-15(13,14)7-5-2/h8,11H,4-7H2,1-3H3,(H,10,12). The molecule has 0 saturated heterocycles. The van der Waals surface area contributed by atoms with Gasteiger partial charge >= 0.3 is 0 Å². The van der Waals surface area contributed by atoms with Crippen LogP contribution in [0.4, 0.5) is 0 Å². The topological polar surface area (TPSA) is 75.3 Å². The molecule has 1 atom stereocenters. The van der Waals surface area contributed by atoms with Crippen LogP contribution < -0.4 is 10.0 Å². The van der Waals surface area contributed by atoms with Crippen LogP contribution in [-0.4, -0.2) is 32.7 Å². The fraction of sp³-hybridized carbons (Fsp3) is 0.889. The molecule has 0 fully saturated rings. The molecule has 90 valence electrons. The minimum atomic E-state index is -3.31. The van der Waals surface area contributed by atoms with Crippen molar-refractivity contribution >= 4 is 15.9 Å². The molecule has 0 heterocycles. The van der Waals surface area contributed by atoms with Crippen LogP contribution in [0.5, 0.6) is 0 Å². The van der Waals surface area contributed by atoms with Crippen LogP contribution >= 0.6 is 0 Å². The van der Waals surface area contributed by atoms with E-state index in [0.29, 0.717) is 13.0 Å². The third-order valence-electron chi connectivity index (χ3n) is 1.77. The van der Waals surface area contributed by atoms with Crippen molar-refractivity contribution in [1.82, 2.24) is 10.0 Å². The Morgan fingerprint density at radius 3 is 2.33 bits per heavy atom. The van der Waals surface area contributed by atoms with E-state index in [9.17, 15) is 13.2 Å². The van der Waals surface area contributed by atoms with E-state index >= 15 is 0 Å². The van der Waals surface area contributed by atoms with E-state index in [1.807, 2.05) is 6.92 Å². The number of hydrogen-bond donors (Lipinski definition) is 2. The Kier molecular flexibility index (Phi) is 6.51. The molecule has 0 bridgehead atoms. The van der Waals surface area contributed by atoms with Gasteiger partial charge in [0, 0.05) is 6.54 Å². The second kappa shape index (κ2) is 6.79. The van der Waals surface area contributed by atoms with Crippen molar-refractivity contribution in [3.63, 3.8) is 0 Å². The Morgan fingerprint density at radius 2 is 1.87 bits per heavy atom. The SMILES string of the molecule is CCCNC(=O)C(C)NS(=O)(=O)CCC. The number of carbonyl (C=O) groups excluding carboxylic acids is 1. The van der Waals surface area contributed by atoms with Gasteiger partial charge in [-0.15, -0.1) is 0 Å². The smallest absolute Gasteiger partial charge is 0.237 e. The third-order valence-corrected chi connectivity index (χ3v) is 3.43. The first kappa shape index (κ1) is 14.4. The maximum absolute atomic E-state index is 11.3. The summed E-state index contributed by atoms with van der Waals surface area (Å²) in [7, 11) is -3.31. The Labute approximate surface area is 91.7 Å². The molecule has 0 aromatic carbocycles. The van der Waals surface area contributed by atoms with Gasteiger partial charge in [-0.05, 0) is 19.8 Å². The van der Waals surface area contributed by atoms with Gasteiger partial charge in [-0.25, -0.2) is 13.1 Å². The van der Waals surface area contributed by atoms with Gasteiger partial charge in [-0.3, -0.25) is 4.79 Å². The van der Waals surface area contributed by atoms with Gasteiger partial charge in [0.05, 0.1) is 11.8 Å². The van der Waals surface area contributed by atoms with Crippen molar-refractivity contribution in [2.45, 2.75) is 39.7 Å². The molecule has 15 heavy (non-hydrogen) atoms. The lowest BCUT2D eigenvalue weighted by Gasteiger charge is -2.13. The number of nitrogens with one attached hydrogen (secondary N) is 2. The minimum absolute atomic E-state index is 0.0540. The average molecular weight is 236 g/mol. The van der Waals surface area contributed by atoms with Crippen molar-refractivity contribution < 1.29 is 13.2 Å². The summed E-state index contributed by atoms with van der Waals surface area (Å²) in [5, 5.41) is 2.63. The van der Waals surface area contributed by atoms with Crippen LogP contribution in [0, 0.1) is 0 Å². The predicted octanol–water partition coefficient (Wildman–Crippen LogP) is 0.231. The lowest BCUT2D eigenvalue weighted by atomic mass is 10.3. The summed E-state index contributed by atoms with van der Waals surface area (Å²) in [6.45, 7) is 5.82. The van der Waals surface area contributed by atoms with E-state index in [0.717, 1.165) is 6.42 Å². The lowest BCUT2D eigenvalue weighted by Crippen LogP contribution is -2.45. The molecule has 0 aliphatic heterocycles. The van der Waals surface area contributed by atoms with Gasteiger partial charge in [0.15, 0.2) is 0 Å². The highest BCUT2D eigenvalue weighted by molar-refractivity contribution is 7.89. The first-order valence-corrected chi connectivity index (χ1v) is 6.85. The second-order valence-electron chi connectivity index (χ2n) is 3.45. The Bertz CT molecular complexity index is 288. The summed E-state index contributed by atoms with van der Waals surface area (Å²) in [5.41, 5.74) is 0. The highest BCUT2D eigenvalue weighted by Crippen LogP contribution is 1.92. The van der Waals surface area contributed by atoms with E-state index in [2.05, 4.69) is 10.0 Å². The van der Waals surface area contributed by atoms with Crippen LogP contribution in [0.1, 0.15) is 33.6 Å². The average Bonchev–Trinajstić information content (AvgIpc) is 2.13. The molecule has 1 unspecified atom stereocenters. The van der Waals surface area contributed by atoms with E-state index in [1.165, 1.54) is 6.92 Å². The van der Waals surface area contributed by atoms with E-state index < -0.39 is 16.1 Å². The highest BCUT2D eigenvalue weighted by atomic mass is 32.2. The van der Waals surface area contributed by atoms with Crippen molar-refractivity contribution in [3.8, 4) is 0 Å². The van der Waals surface area contributed by atoms with Gasteiger partial charge < -0.3 is 5.32 Å². The van der Waals surface area contributed by atoms with E-state index in [4.69, 9.17) is 0 Å². The van der Waals surface area contributed by atoms with E-state index in [1.54, 1.807) is 6.92 Å². The van der Waals surface area contributed by atoms with Crippen LogP contribution in [0.3, 0.4) is 0 Å². The molecule has 2 N–H and O–H groups in total. The molecular weight excluding hydrogens is 216 g/mol. The maximum Gasteiger partial charge on any atom is 0.237 e. The van der Waals surface area contributed by atoms with Gasteiger partial charge in [0.25, 0.3) is 0 Å². The number of rotatable bonds is 7. The number of carbonyl (C=O) groups is 1. The summed E-state index contributed by atoms with van der Waals surface area (Å²) >= 11 is 0. The molecule has 0 rings (SSSR count). The molecule has 0 aromatic rings. The molecule has 1 amide bonds. The first-order chi connectivity index (χ1) is 6.93. The Morgan fingerprint density at radius 1 is 1.27 bits per heavy atom. The maximum atomic E-state index is 11.3. The van der Waals surface area contributed by atoms with Crippen LogP contribution in [-0.2, 0) is 14.8 Å². The lowest BCUT2D eigenvalue weighted by molar-refractivity contribution is -0.122. The van der Waals surface area contributed by atoms with Crippen molar-refractivity contribution in [2.75, 3.05) is 12.3 Å². The second-order valence-corrected chi connectivity index (χ2v) is 5.32. The van der Waals surface area contributed by atoms with Crippen molar-refractivity contribution in [1.29, 1.82) is 0 Å². The summed E-state index contributed by atoms with van der Waals surface area (Å²) < 4.78 is 25.0. The largest absolute Gasteiger partial charge is 0.355 e. The van der Waals surface area contributed by atoms with E-state index in [-0.39, 0.29) is 11.7 Å². The zero-order valence-electron chi connectivity index (χ0n) is 9.54. The molecule has 5 nitrogen and oxygen atoms in total. The fourth-order valence-electron chi connectivity index (χ4n) is 1.05. The number of amides is 1. The summed E-state index contributed by atoms with van der Waals surface area (Å²) in [6.07, 6.45) is 1.37. The minimum Gasteiger partial charge on any atom is -0.355 e.